The highest BCUT2D eigenvalue weighted by atomic mass is 16.5. The Morgan fingerprint density at radius 3 is 2.68 bits per heavy atom. The molecule has 0 bridgehead atoms. The summed E-state index contributed by atoms with van der Waals surface area (Å²) in [5.74, 6) is -0.382. The van der Waals surface area contributed by atoms with Gasteiger partial charge in [0.2, 0.25) is 0 Å². The lowest BCUT2D eigenvalue weighted by Gasteiger charge is -2.11. The maximum absolute atomic E-state index is 11.5. The Morgan fingerprint density at radius 2 is 2.00 bits per heavy atom. The third-order valence-corrected chi connectivity index (χ3v) is 2.77. The van der Waals surface area contributed by atoms with Crippen LogP contribution in [0, 0.1) is 6.92 Å². The van der Waals surface area contributed by atoms with E-state index in [2.05, 4.69) is 5.32 Å². The summed E-state index contributed by atoms with van der Waals surface area (Å²) >= 11 is 0. The van der Waals surface area contributed by atoms with Crippen molar-refractivity contribution in [3.63, 3.8) is 0 Å². The first-order valence-corrected chi connectivity index (χ1v) is 5.91. The number of carbonyl (C=O) groups excluding carboxylic acids is 1. The molecule has 19 heavy (non-hydrogen) atoms. The molecule has 98 valence electrons. The normalized spacial score (nSPS) is 10.0. The number of nitrogens with one attached hydrogen (secondary N) is 1. The maximum Gasteiger partial charge on any atom is 0.337 e. The van der Waals surface area contributed by atoms with Crippen LogP contribution in [0.3, 0.4) is 0 Å². The fraction of sp³-hybridized carbons (Fsp3) is 0.133. The molecule has 3 N–H and O–H groups in total. The van der Waals surface area contributed by atoms with Crippen LogP contribution in [-0.4, -0.2) is 13.1 Å². The zero-order chi connectivity index (χ0) is 13.8. The van der Waals surface area contributed by atoms with Crippen LogP contribution in [0.4, 0.5) is 17.1 Å². The third kappa shape index (κ3) is 3.04. The first kappa shape index (κ1) is 13.0. The highest BCUT2D eigenvalue weighted by Crippen LogP contribution is 2.25. The van der Waals surface area contributed by atoms with Crippen molar-refractivity contribution in [2.45, 2.75) is 6.92 Å². The summed E-state index contributed by atoms with van der Waals surface area (Å²) in [6.45, 7) is 2.01. The highest BCUT2D eigenvalue weighted by molar-refractivity contribution is 5.92. The van der Waals surface area contributed by atoms with Crippen LogP contribution in [0.2, 0.25) is 0 Å². The Labute approximate surface area is 112 Å². The van der Waals surface area contributed by atoms with Gasteiger partial charge in [0.05, 0.1) is 24.0 Å². The second-order valence-electron chi connectivity index (χ2n) is 4.29. The van der Waals surface area contributed by atoms with E-state index in [1.807, 2.05) is 31.2 Å². The zero-order valence-corrected chi connectivity index (χ0v) is 10.9. The number of hydrogen-bond donors (Lipinski definition) is 2. The summed E-state index contributed by atoms with van der Waals surface area (Å²) in [5.41, 5.74) is 9.70. The van der Waals surface area contributed by atoms with E-state index in [0.717, 1.165) is 11.3 Å². The average Bonchev–Trinajstić information content (AvgIpc) is 2.40. The molecule has 0 amide bonds. The average molecular weight is 256 g/mol. The molecule has 0 heterocycles. The lowest BCUT2D eigenvalue weighted by atomic mass is 10.1. The standard InChI is InChI=1S/C15H16N2O2/c1-10-4-3-5-12(8-10)17-14-9-11(15(18)19-2)6-7-13(14)16/h3-9,17H,16H2,1-2H3. The molecule has 0 aliphatic carbocycles. The summed E-state index contributed by atoms with van der Waals surface area (Å²) < 4.78 is 4.69. The first-order valence-electron chi connectivity index (χ1n) is 5.91. The van der Waals surface area contributed by atoms with Crippen molar-refractivity contribution in [2.24, 2.45) is 0 Å². The molecule has 0 aliphatic rings. The lowest BCUT2D eigenvalue weighted by molar-refractivity contribution is 0.0601. The van der Waals surface area contributed by atoms with Crippen LogP contribution < -0.4 is 11.1 Å². The van der Waals surface area contributed by atoms with Crippen molar-refractivity contribution in [1.82, 2.24) is 0 Å². The quantitative estimate of drug-likeness (QED) is 0.654. The van der Waals surface area contributed by atoms with Crippen LogP contribution in [0.25, 0.3) is 0 Å². The molecule has 0 radical (unpaired) electrons. The Morgan fingerprint density at radius 1 is 1.21 bits per heavy atom. The monoisotopic (exact) mass is 256 g/mol. The van der Waals surface area contributed by atoms with E-state index in [0.29, 0.717) is 16.9 Å². The minimum absolute atomic E-state index is 0.382. The highest BCUT2D eigenvalue weighted by Gasteiger charge is 2.08. The Balaban J connectivity index is 2.31. The number of hydrogen-bond acceptors (Lipinski definition) is 4. The minimum atomic E-state index is -0.382. The third-order valence-electron chi connectivity index (χ3n) is 2.77. The summed E-state index contributed by atoms with van der Waals surface area (Å²) in [4.78, 5) is 11.5. The Kier molecular flexibility index (Phi) is 3.71. The van der Waals surface area contributed by atoms with Gasteiger partial charge in [-0.25, -0.2) is 4.79 Å². The number of methoxy groups -OCH3 is 1. The number of benzene rings is 2. The zero-order valence-electron chi connectivity index (χ0n) is 10.9. The molecule has 4 heteroatoms. The minimum Gasteiger partial charge on any atom is -0.465 e. The van der Waals surface area contributed by atoms with Gasteiger partial charge in [-0.15, -0.1) is 0 Å². The van der Waals surface area contributed by atoms with Gasteiger partial charge < -0.3 is 15.8 Å². The predicted molar refractivity (Wildman–Crippen MR) is 76.7 cm³/mol. The van der Waals surface area contributed by atoms with Gasteiger partial charge in [-0.1, -0.05) is 12.1 Å². The summed E-state index contributed by atoms with van der Waals surface area (Å²) in [6, 6.07) is 12.9. The largest absolute Gasteiger partial charge is 0.465 e. The van der Waals surface area contributed by atoms with E-state index in [1.165, 1.54) is 7.11 Å². The topological polar surface area (TPSA) is 64.3 Å². The summed E-state index contributed by atoms with van der Waals surface area (Å²) in [5, 5.41) is 3.20. The number of rotatable bonds is 3. The fourth-order valence-electron chi connectivity index (χ4n) is 1.79. The molecule has 0 fully saturated rings. The van der Waals surface area contributed by atoms with E-state index in [4.69, 9.17) is 10.5 Å². The van der Waals surface area contributed by atoms with Crippen LogP contribution in [0.15, 0.2) is 42.5 Å². The van der Waals surface area contributed by atoms with Gasteiger partial charge in [0.25, 0.3) is 0 Å². The molecular formula is C15H16N2O2. The summed E-state index contributed by atoms with van der Waals surface area (Å²) in [6.07, 6.45) is 0. The van der Waals surface area contributed by atoms with Crippen molar-refractivity contribution in [1.29, 1.82) is 0 Å². The van der Waals surface area contributed by atoms with Crippen molar-refractivity contribution < 1.29 is 9.53 Å². The Bertz CT molecular complexity index is 609. The van der Waals surface area contributed by atoms with Gasteiger partial charge >= 0.3 is 5.97 Å². The summed E-state index contributed by atoms with van der Waals surface area (Å²) in [7, 11) is 1.35. The second-order valence-corrected chi connectivity index (χ2v) is 4.29. The van der Waals surface area contributed by atoms with Crippen LogP contribution in [-0.2, 0) is 4.74 Å². The van der Waals surface area contributed by atoms with Gasteiger partial charge in [0.15, 0.2) is 0 Å². The van der Waals surface area contributed by atoms with Crippen molar-refractivity contribution in [2.75, 3.05) is 18.2 Å². The molecule has 4 nitrogen and oxygen atoms in total. The number of anilines is 3. The number of aryl methyl sites for hydroxylation is 1. The number of esters is 1. The van der Waals surface area contributed by atoms with Crippen LogP contribution in [0.5, 0.6) is 0 Å². The van der Waals surface area contributed by atoms with E-state index < -0.39 is 0 Å². The van der Waals surface area contributed by atoms with E-state index in [-0.39, 0.29) is 5.97 Å². The smallest absolute Gasteiger partial charge is 0.337 e. The molecule has 0 aliphatic heterocycles. The molecular weight excluding hydrogens is 240 g/mol. The number of carbonyl (C=O) groups is 1. The van der Waals surface area contributed by atoms with Crippen molar-refractivity contribution in [3.05, 3.63) is 53.6 Å². The van der Waals surface area contributed by atoms with Gasteiger partial charge in [-0.05, 0) is 42.8 Å². The molecule has 0 saturated carbocycles. The lowest BCUT2D eigenvalue weighted by Crippen LogP contribution is -2.04. The van der Waals surface area contributed by atoms with Crippen molar-refractivity contribution >= 4 is 23.0 Å². The first-order chi connectivity index (χ1) is 9.10. The number of ether oxygens (including phenoxy) is 1. The van der Waals surface area contributed by atoms with E-state index in [1.54, 1.807) is 18.2 Å². The van der Waals surface area contributed by atoms with E-state index in [9.17, 15) is 4.79 Å². The molecule has 0 unspecified atom stereocenters. The van der Waals surface area contributed by atoms with E-state index >= 15 is 0 Å². The fourth-order valence-corrected chi connectivity index (χ4v) is 1.79. The van der Waals surface area contributed by atoms with Crippen LogP contribution >= 0.6 is 0 Å². The van der Waals surface area contributed by atoms with Gasteiger partial charge in [0.1, 0.15) is 0 Å². The number of nitrogen functional groups attached to an aromatic ring is 1. The SMILES string of the molecule is COC(=O)c1ccc(N)c(Nc2cccc(C)c2)c1. The number of nitrogens with two attached hydrogens (primary N) is 1. The van der Waals surface area contributed by atoms with Gasteiger partial charge in [0, 0.05) is 5.69 Å². The second kappa shape index (κ2) is 5.44. The molecule has 0 spiro atoms. The maximum atomic E-state index is 11.5. The molecule has 0 atom stereocenters. The molecule has 2 aromatic carbocycles. The molecule has 2 rings (SSSR count). The van der Waals surface area contributed by atoms with Crippen molar-refractivity contribution in [3.8, 4) is 0 Å². The molecule has 2 aromatic rings. The predicted octanol–water partition coefficient (Wildman–Crippen LogP) is 3.11. The van der Waals surface area contributed by atoms with Gasteiger partial charge in [-0.2, -0.15) is 0 Å². The Hall–Kier alpha value is -2.49. The van der Waals surface area contributed by atoms with Crippen LogP contribution in [0.1, 0.15) is 15.9 Å². The van der Waals surface area contributed by atoms with Gasteiger partial charge in [-0.3, -0.25) is 0 Å². The molecule has 0 aromatic heterocycles. The molecule has 0 saturated heterocycles.